The van der Waals surface area contributed by atoms with E-state index in [2.05, 4.69) is 4.98 Å². The molecule has 0 saturated carbocycles. The maximum Gasteiger partial charge on any atom is 0.339 e. The van der Waals surface area contributed by atoms with E-state index in [-0.39, 0.29) is 5.56 Å². The molecule has 1 aromatic carbocycles. The van der Waals surface area contributed by atoms with Gasteiger partial charge in [-0.25, -0.2) is 4.79 Å². The fraction of sp³-hybridized carbons (Fsp3) is 0.0769. The van der Waals surface area contributed by atoms with E-state index in [1.165, 1.54) is 12.3 Å². The standard InChI is InChI=1S/C13H11NO3/c1-9-4-2-6-11(13(15)16)12(9)17-10-5-3-7-14-8-10/h2-8H,1H3,(H,15,16). The lowest BCUT2D eigenvalue weighted by atomic mass is 10.1. The first-order valence-corrected chi connectivity index (χ1v) is 5.09. The Morgan fingerprint density at radius 2 is 2.12 bits per heavy atom. The van der Waals surface area contributed by atoms with Gasteiger partial charge < -0.3 is 9.84 Å². The fourth-order valence-corrected chi connectivity index (χ4v) is 1.48. The van der Waals surface area contributed by atoms with Crippen LogP contribution in [0.1, 0.15) is 15.9 Å². The van der Waals surface area contributed by atoms with Crippen LogP contribution in [-0.4, -0.2) is 16.1 Å². The highest BCUT2D eigenvalue weighted by molar-refractivity contribution is 5.91. The zero-order valence-electron chi connectivity index (χ0n) is 9.25. The SMILES string of the molecule is Cc1cccc(C(=O)O)c1Oc1cccnc1. The van der Waals surface area contributed by atoms with E-state index in [9.17, 15) is 4.79 Å². The summed E-state index contributed by atoms with van der Waals surface area (Å²) in [5.74, 6) is -0.134. The Morgan fingerprint density at radius 3 is 2.76 bits per heavy atom. The van der Waals surface area contributed by atoms with Gasteiger partial charge in [0.1, 0.15) is 17.1 Å². The van der Waals surface area contributed by atoms with Crippen molar-refractivity contribution < 1.29 is 14.6 Å². The molecule has 0 aliphatic heterocycles. The molecule has 4 nitrogen and oxygen atoms in total. The summed E-state index contributed by atoms with van der Waals surface area (Å²) in [4.78, 5) is 15.0. The van der Waals surface area contributed by atoms with Gasteiger partial charge >= 0.3 is 5.97 Å². The summed E-state index contributed by atoms with van der Waals surface area (Å²) < 4.78 is 5.56. The number of rotatable bonds is 3. The Balaban J connectivity index is 2.41. The molecule has 1 heterocycles. The number of carbonyl (C=O) groups is 1. The monoisotopic (exact) mass is 229 g/mol. The smallest absolute Gasteiger partial charge is 0.339 e. The number of benzene rings is 1. The largest absolute Gasteiger partial charge is 0.478 e. The van der Waals surface area contributed by atoms with Gasteiger partial charge in [0.15, 0.2) is 0 Å². The number of aromatic carboxylic acids is 1. The molecule has 1 aromatic heterocycles. The molecule has 2 rings (SSSR count). The van der Waals surface area contributed by atoms with Crippen LogP contribution < -0.4 is 4.74 Å². The Hall–Kier alpha value is -2.36. The minimum Gasteiger partial charge on any atom is -0.478 e. The molecule has 17 heavy (non-hydrogen) atoms. The molecule has 0 bridgehead atoms. The molecule has 0 amide bonds. The number of carboxylic acid groups (broad SMARTS) is 1. The lowest BCUT2D eigenvalue weighted by molar-refractivity contribution is 0.0694. The number of hydrogen-bond acceptors (Lipinski definition) is 3. The molecule has 1 N–H and O–H groups in total. The van der Waals surface area contributed by atoms with Gasteiger partial charge in [0.05, 0.1) is 6.20 Å². The molecular formula is C13H11NO3. The van der Waals surface area contributed by atoms with Crippen LogP contribution in [0.25, 0.3) is 0 Å². The average molecular weight is 229 g/mol. The van der Waals surface area contributed by atoms with Crippen LogP contribution in [0.4, 0.5) is 0 Å². The molecule has 0 aliphatic rings. The van der Waals surface area contributed by atoms with Crippen LogP contribution in [0.15, 0.2) is 42.7 Å². The average Bonchev–Trinajstić information content (AvgIpc) is 2.33. The minimum absolute atomic E-state index is 0.147. The van der Waals surface area contributed by atoms with E-state index in [0.29, 0.717) is 11.5 Å². The second kappa shape index (κ2) is 4.65. The van der Waals surface area contributed by atoms with Gasteiger partial charge in [-0.1, -0.05) is 12.1 Å². The molecule has 0 unspecified atom stereocenters. The third kappa shape index (κ3) is 2.42. The number of pyridine rings is 1. The second-order valence-electron chi connectivity index (χ2n) is 3.55. The van der Waals surface area contributed by atoms with Gasteiger partial charge in [-0.3, -0.25) is 4.98 Å². The topological polar surface area (TPSA) is 59.4 Å². The van der Waals surface area contributed by atoms with E-state index in [1.54, 1.807) is 37.4 Å². The summed E-state index contributed by atoms with van der Waals surface area (Å²) in [6, 6.07) is 8.47. The number of carboxylic acids is 1. The second-order valence-corrected chi connectivity index (χ2v) is 3.55. The van der Waals surface area contributed by atoms with Crippen LogP contribution in [0.2, 0.25) is 0 Å². The number of ether oxygens (including phenoxy) is 1. The maximum atomic E-state index is 11.1. The van der Waals surface area contributed by atoms with Crippen molar-refractivity contribution in [3.8, 4) is 11.5 Å². The quantitative estimate of drug-likeness (QED) is 0.879. The highest BCUT2D eigenvalue weighted by Crippen LogP contribution is 2.28. The number of nitrogens with zero attached hydrogens (tertiary/aromatic N) is 1. The number of hydrogen-bond donors (Lipinski definition) is 1. The Bertz CT molecular complexity index is 538. The van der Waals surface area contributed by atoms with Crippen molar-refractivity contribution in [3.05, 3.63) is 53.9 Å². The van der Waals surface area contributed by atoms with Crippen molar-refractivity contribution in [2.45, 2.75) is 6.92 Å². The van der Waals surface area contributed by atoms with Crippen molar-refractivity contribution in [1.82, 2.24) is 4.98 Å². The van der Waals surface area contributed by atoms with E-state index >= 15 is 0 Å². The number of aryl methyl sites for hydroxylation is 1. The predicted octanol–water partition coefficient (Wildman–Crippen LogP) is 2.88. The van der Waals surface area contributed by atoms with Gasteiger partial charge in [-0.2, -0.15) is 0 Å². The van der Waals surface area contributed by atoms with Crippen LogP contribution >= 0.6 is 0 Å². The van der Waals surface area contributed by atoms with E-state index in [1.807, 2.05) is 0 Å². The molecule has 4 heteroatoms. The first kappa shape index (κ1) is 11.1. The van der Waals surface area contributed by atoms with Gasteiger partial charge in [0, 0.05) is 6.20 Å². The molecule has 0 spiro atoms. The molecule has 0 fully saturated rings. The summed E-state index contributed by atoms with van der Waals surface area (Å²) in [5, 5.41) is 9.07. The van der Waals surface area contributed by atoms with Crippen LogP contribution in [0.3, 0.4) is 0 Å². The van der Waals surface area contributed by atoms with Crippen LogP contribution in [0.5, 0.6) is 11.5 Å². The Labute approximate surface area is 98.5 Å². The van der Waals surface area contributed by atoms with Crippen LogP contribution in [0, 0.1) is 6.92 Å². The Morgan fingerprint density at radius 1 is 1.29 bits per heavy atom. The number of aromatic nitrogens is 1. The van der Waals surface area contributed by atoms with Gasteiger partial charge in [-0.15, -0.1) is 0 Å². The minimum atomic E-state index is -1.01. The zero-order chi connectivity index (χ0) is 12.3. The third-order valence-electron chi connectivity index (χ3n) is 2.30. The van der Waals surface area contributed by atoms with Crippen molar-refractivity contribution >= 4 is 5.97 Å². The number of para-hydroxylation sites is 1. The Kier molecular flexibility index (Phi) is 3.05. The summed E-state index contributed by atoms with van der Waals surface area (Å²) >= 11 is 0. The van der Waals surface area contributed by atoms with E-state index in [4.69, 9.17) is 9.84 Å². The predicted molar refractivity (Wildman–Crippen MR) is 62.4 cm³/mol. The van der Waals surface area contributed by atoms with E-state index < -0.39 is 5.97 Å². The summed E-state index contributed by atoms with van der Waals surface area (Å²) in [6.07, 6.45) is 3.17. The lowest BCUT2D eigenvalue weighted by Gasteiger charge is -2.10. The summed E-state index contributed by atoms with van der Waals surface area (Å²) in [6.45, 7) is 1.80. The molecule has 0 radical (unpaired) electrons. The fourth-order valence-electron chi connectivity index (χ4n) is 1.48. The normalized spacial score (nSPS) is 9.94. The third-order valence-corrected chi connectivity index (χ3v) is 2.30. The van der Waals surface area contributed by atoms with Crippen molar-refractivity contribution in [2.24, 2.45) is 0 Å². The molecular weight excluding hydrogens is 218 g/mol. The molecule has 86 valence electrons. The van der Waals surface area contributed by atoms with Crippen molar-refractivity contribution in [1.29, 1.82) is 0 Å². The molecule has 0 atom stereocenters. The first-order chi connectivity index (χ1) is 8.18. The molecule has 0 saturated heterocycles. The summed E-state index contributed by atoms with van der Waals surface area (Å²) in [5.41, 5.74) is 0.919. The molecule has 2 aromatic rings. The van der Waals surface area contributed by atoms with Gasteiger partial charge in [0.2, 0.25) is 0 Å². The maximum absolute atomic E-state index is 11.1. The zero-order valence-corrected chi connectivity index (χ0v) is 9.25. The van der Waals surface area contributed by atoms with Gasteiger partial charge in [0.25, 0.3) is 0 Å². The summed E-state index contributed by atoms with van der Waals surface area (Å²) in [7, 11) is 0. The van der Waals surface area contributed by atoms with E-state index in [0.717, 1.165) is 5.56 Å². The molecule has 0 aliphatic carbocycles. The highest BCUT2D eigenvalue weighted by atomic mass is 16.5. The highest BCUT2D eigenvalue weighted by Gasteiger charge is 2.13. The van der Waals surface area contributed by atoms with Crippen molar-refractivity contribution in [2.75, 3.05) is 0 Å². The lowest BCUT2D eigenvalue weighted by Crippen LogP contribution is -2.01. The van der Waals surface area contributed by atoms with Crippen LogP contribution in [-0.2, 0) is 0 Å². The van der Waals surface area contributed by atoms with Crippen molar-refractivity contribution in [3.63, 3.8) is 0 Å². The van der Waals surface area contributed by atoms with Gasteiger partial charge in [-0.05, 0) is 30.7 Å². The first-order valence-electron chi connectivity index (χ1n) is 5.09.